The first-order valence-electron chi connectivity index (χ1n) is 5.10. The van der Waals surface area contributed by atoms with Gasteiger partial charge in [0.2, 0.25) is 0 Å². The van der Waals surface area contributed by atoms with E-state index in [0.29, 0.717) is 6.61 Å². The molecule has 0 saturated heterocycles. The molecule has 0 amide bonds. The molecule has 0 fully saturated rings. The van der Waals surface area contributed by atoms with Crippen molar-refractivity contribution in [2.75, 3.05) is 6.61 Å². The largest absolute Gasteiger partial charge is 0.491 e. The molecule has 0 atom stereocenters. The molecule has 0 unspecified atom stereocenters. The van der Waals surface area contributed by atoms with Crippen LogP contribution in [0.2, 0.25) is 0 Å². The summed E-state index contributed by atoms with van der Waals surface area (Å²) in [5.74, 6) is 0.830. The molecule has 0 N–H and O–H groups in total. The molecular weight excluding hydrogens is 254 g/mol. The molecule has 0 bridgehead atoms. The topological polar surface area (TPSA) is 22.1 Å². The maximum absolute atomic E-state index is 5.49. The summed E-state index contributed by atoms with van der Waals surface area (Å²) in [5.41, 5.74) is 0.910. The summed E-state index contributed by atoms with van der Waals surface area (Å²) in [7, 11) is 0. The van der Waals surface area contributed by atoms with Gasteiger partial charge in [-0.25, -0.2) is 0 Å². The van der Waals surface area contributed by atoms with Crippen LogP contribution in [0.1, 0.15) is 26.0 Å². The summed E-state index contributed by atoms with van der Waals surface area (Å²) in [6.45, 7) is 10.2. The van der Waals surface area contributed by atoms with Gasteiger partial charge in [-0.05, 0) is 35.3 Å². The van der Waals surface area contributed by atoms with Gasteiger partial charge in [0, 0.05) is 10.7 Å². The van der Waals surface area contributed by atoms with Gasteiger partial charge in [0.25, 0.3) is 0 Å². The minimum absolute atomic E-state index is 0.655. The van der Waals surface area contributed by atoms with Crippen LogP contribution in [0.4, 0.5) is 0 Å². The number of rotatable bonds is 4. The number of pyridine rings is 1. The molecule has 15 heavy (non-hydrogen) atoms. The first-order chi connectivity index (χ1) is 7.24. The van der Waals surface area contributed by atoms with Gasteiger partial charge in [-0.3, -0.25) is 4.98 Å². The second kappa shape index (κ2) is 8.48. The highest BCUT2D eigenvalue weighted by Gasteiger charge is 2.00. The van der Waals surface area contributed by atoms with E-state index >= 15 is 0 Å². The molecule has 0 saturated carbocycles. The molecule has 84 valence electrons. The Hall–Kier alpha value is -0.830. The predicted molar refractivity (Wildman–Crippen MR) is 68.3 cm³/mol. The van der Waals surface area contributed by atoms with E-state index in [4.69, 9.17) is 4.74 Å². The Balaban J connectivity index is 0.000000921. The van der Waals surface area contributed by atoms with Gasteiger partial charge < -0.3 is 4.74 Å². The van der Waals surface area contributed by atoms with Crippen LogP contribution in [0.15, 0.2) is 29.4 Å². The fourth-order valence-electron chi connectivity index (χ4n) is 0.887. The molecule has 2 nitrogen and oxygen atoms in total. The fourth-order valence-corrected chi connectivity index (χ4v) is 1.20. The van der Waals surface area contributed by atoms with Crippen molar-refractivity contribution >= 4 is 15.9 Å². The maximum Gasteiger partial charge on any atom is 0.141 e. The number of nitrogens with zero attached hydrogens (tertiary/aromatic N) is 1. The van der Waals surface area contributed by atoms with Crippen molar-refractivity contribution in [1.82, 2.24) is 4.98 Å². The van der Waals surface area contributed by atoms with Gasteiger partial charge in [-0.1, -0.05) is 19.9 Å². The van der Waals surface area contributed by atoms with Gasteiger partial charge >= 0.3 is 0 Å². The number of aryl methyl sites for hydroxylation is 1. The van der Waals surface area contributed by atoms with Crippen LogP contribution in [0.25, 0.3) is 0 Å². The Morgan fingerprint density at radius 1 is 1.53 bits per heavy atom. The van der Waals surface area contributed by atoms with Crippen molar-refractivity contribution in [1.29, 1.82) is 0 Å². The van der Waals surface area contributed by atoms with Crippen LogP contribution in [0.3, 0.4) is 0 Å². The van der Waals surface area contributed by atoms with Crippen molar-refractivity contribution in [2.24, 2.45) is 0 Å². The van der Waals surface area contributed by atoms with Gasteiger partial charge in [-0.15, -0.1) is 6.58 Å². The summed E-state index contributed by atoms with van der Waals surface area (Å²) in [4.78, 5) is 4.16. The second-order valence-electron chi connectivity index (χ2n) is 2.66. The first kappa shape index (κ1) is 14.2. The molecule has 0 aromatic carbocycles. The van der Waals surface area contributed by atoms with Crippen LogP contribution in [-0.4, -0.2) is 11.6 Å². The summed E-state index contributed by atoms with van der Waals surface area (Å²) in [5, 5.41) is 0. The summed E-state index contributed by atoms with van der Waals surface area (Å²) in [6, 6.07) is 1.92. The van der Waals surface area contributed by atoms with E-state index in [2.05, 4.69) is 27.5 Å². The highest BCUT2D eigenvalue weighted by molar-refractivity contribution is 9.10. The zero-order valence-corrected chi connectivity index (χ0v) is 11.2. The molecule has 3 heteroatoms. The lowest BCUT2D eigenvalue weighted by atomic mass is 10.3. The van der Waals surface area contributed by atoms with E-state index in [9.17, 15) is 0 Å². The van der Waals surface area contributed by atoms with E-state index in [1.165, 1.54) is 0 Å². The molecule has 0 spiro atoms. The van der Waals surface area contributed by atoms with Crippen LogP contribution in [0, 0.1) is 6.92 Å². The molecule has 1 rings (SSSR count). The van der Waals surface area contributed by atoms with Crippen molar-refractivity contribution < 1.29 is 4.74 Å². The molecule has 0 radical (unpaired) electrons. The Morgan fingerprint density at radius 3 is 2.80 bits per heavy atom. The highest BCUT2D eigenvalue weighted by Crippen LogP contribution is 2.20. The van der Waals surface area contributed by atoms with E-state index in [-0.39, 0.29) is 0 Å². The van der Waals surface area contributed by atoms with Crippen molar-refractivity contribution in [3.8, 4) is 5.75 Å². The third-order valence-corrected chi connectivity index (χ3v) is 2.02. The summed E-state index contributed by atoms with van der Waals surface area (Å²) < 4.78 is 6.43. The molecular formula is C12H18BrNO. The lowest BCUT2D eigenvalue weighted by molar-refractivity contribution is 0.321. The number of hydrogen-bond acceptors (Lipinski definition) is 2. The minimum atomic E-state index is 0.655. The standard InChI is InChI=1S/C10H12BrNO.C2H6/c1-3-4-5-13-10-6-9(11)7-12-8(10)2;1-2/h3,6-7H,1,4-5H2,2H3;1-2H3. The number of aromatic nitrogens is 1. The van der Waals surface area contributed by atoms with E-state index in [1.54, 1.807) is 6.20 Å². The monoisotopic (exact) mass is 271 g/mol. The lowest BCUT2D eigenvalue weighted by Crippen LogP contribution is -1.98. The van der Waals surface area contributed by atoms with Gasteiger partial charge in [0.05, 0.1) is 12.3 Å². The molecule has 1 heterocycles. The normalized spacial score (nSPS) is 8.80. The van der Waals surface area contributed by atoms with E-state index in [0.717, 1.165) is 22.3 Å². The molecule has 1 aromatic rings. The van der Waals surface area contributed by atoms with Crippen molar-refractivity contribution in [2.45, 2.75) is 27.2 Å². The van der Waals surface area contributed by atoms with Crippen LogP contribution < -0.4 is 4.74 Å². The van der Waals surface area contributed by atoms with Gasteiger partial charge in [-0.2, -0.15) is 0 Å². The minimum Gasteiger partial charge on any atom is -0.491 e. The van der Waals surface area contributed by atoms with Crippen LogP contribution in [0.5, 0.6) is 5.75 Å². The van der Waals surface area contributed by atoms with Gasteiger partial charge in [0.15, 0.2) is 0 Å². The van der Waals surface area contributed by atoms with E-state index in [1.807, 2.05) is 32.9 Å². The average molecular weight is 272 g/mol. The zero-order chi connectivity index (χ0) is 11.7. The molecule has 0 aliphatic rings. The van der Waals surface area contributed by atoms with Crippen LogP contribution in [-0.2, 0) is 0 Å². The Kier molecular flexibility index (Phi) is 8.01. The third-order valence-electron chi connectivity index (χ3n) is 1.59. The Labute approximate surface area is 101 Å². The summed E-state index contributed by atoms with van der Waals surface area (Å²) in [6.07, 6.45) is 4.45. The summed E-state index contributed by atoms with van der Waals surface area (Å²) >= 11 is 3.34. The molecule has 1 aromatic heterocycles. The highest BCUT2D eigenvalue weighted by atomic mass is 79.9. The molecule has 0 aliphatic heterocycles. The number of halogens is 1. The quantitative estimate of drug-likeness (QED) is 0.607. The SMILES string of the molecule is C=CCCOc1cc(Br)cnc1C.CC. The average Bonchev–Trinajstić information content (AvgIpc) is 2.26. The second-order valence-corrected chi connectivity index (χ2v) is 3.58. The van der Waals surface area contributed by atoms with Crippen molar-refractivity contribution in [3.05, 3.63) is 35.1 Å². The predicted octanol–water partition coefficient (Wildman–Crippen LogP) is 4.13. The van der Waals surface area contributed by atoms with Crippen LogP contribution >= 0.6 is 15.9 Å². The smallest absolute Gasteiger partial charge is 0.141 e. The third kappa shape index (κ3) is 5.57. The molecule has 0 aliphatic carbocycles. The lowest BCUT2D eigenvalue weighted by Gasteiger charge is -2.06. The maximum atomic E-state index is 5.49. The van der Waals surface area contributed by atoms with Gasteiger partial charge in [0.1, 0.15) is 5.75 Å². The first-order valence-corrected chi connectivity index (χ1v) is 5.89. The fraction of sp³-hybridized carbons (Fsp3) is 0.417. The number of hydrogen-bond donors (Lipinski definition) is 0. The van der Waals surface area contributed by atoms with Crippen molar-refractivity contribution in [3.63, 3.8) is 0 Å². The Bertz CT molecular complexity index is 300. The van der Waals surface area contributed by atoms with E-state index < -0.39 is 0 Å². The number of ether oxygens (including phenoxy) is 1. The zero-order valence-electron chi connectivity index (χ0n) is 9.59. The Morgan fingerprint density at radius 2 is 2.20 bits per heavy atom.